The average molecular weight is 548 g/mol. The lowest BCUT2D eigenvalue weighted by Crippen LogP contribution is -2.42. The minimum atomic E-state index is -3.72. The van der Waals surface area contributed by atoms with Crippen molar-refractivity contribution in [1.82, 2.24) is 4.98 Å². The first-order valence-electron chi connectivity index (χ1n) is 13.0. The number of rotatable bonds is 8. The van der Waals surface area contributed by atoms with Crippen molar-refractivity contribution in [2.24, 2.45) is 5.41 Å². The Balaban J connectivity index is 1.40. The summed E-state index contributed by atoms with van der Waals surface area (Å²) < 4.78 is 47.1. The molecule has 3 N–H and O–H groups in total. The van der Waals surface area contributed by atoms with E-state index in [-0.39, 0.29) is 17.7 Å². The van der Waals surface area contributed by atoms with Gasteiger partial charge in [-0.25, -0.2) is 17.8 Å². The molecular weight excluding hydrogens is 513 g/mol. The fraction of sp³-hybridized carbons (Fsp3) is 0.538. The first-order chi connectivity index (χ1) is 18.2. The molecule has 1 spiro atoms. The topological polar surface area (TPSA) is 124 Å². The zero-order valence-electron chi connectivity index (χ0n) is 21.5. The number of aromatic nitrogens is 1. The van der Waals surface area contributed by atoms with Crippen molar-refractivity contribution >= 4 is 38.9 Å². The summed E-state index contributed by atoms with van der Waals surface area (Å²) in [5, 5.41) is 11.9. The van der Waals surface area contributed by atoms with Crippen LogP contribution in [0.25, 0.3) is 0 Å². The molecule has 2 aliphatic heterocycles. The summed E-state index contributed by atoms with van der Waals surface area (Å²) in [6.45, 7) is 4.41. The molecule has 12 heteroatoms. The van der Waals surface area contributed by atoms with Crippen LogP contribution in [0, 0.1) is 11.2 Å². The van der Waals surface area contributed by atoms with Gasteiger partial charge in [0.15, 0.2) is 11.6 Å². The van der Waals surface area contributed by atoms with E-state index in [0.717, 1.165) is 25.9 Å². The number of aliphatic hydroxyl groups excluding tert-OH is 1. The van der Waals surface area contributed by atoms with Crippen molar-refractivity contribution in [3.05, 3.63) is 41.7 Å². The summed E-state index contributed by atoms with van der Waals surface area (Å²) in [6, 6.07) is 7.48. The highest BCUT2D eigenvalue weighted by atomic mass is 32.2. The van der Waals surface area contributed by atoms with Crippen LogP contribution >= 0.6 is 0 Å². The van der Waals surface area contributed by atoms with Crippen molar-refractivity contribution in [2.45, 2.75) is 38.7 Å². The molecular formula is C26H34FN5O5S. The van der Waals surface area contributed by atoms with Gasteiger partial charge < -0.3 is 25.0 Å². The third kappa shape index (κ3) is 6.02. The van der Waals surface area contributed by atoms with E-state index in [1.807, 2.05) is 6.92 Å². The molecule has 1 saturated carbocycles. The number of sulfonamides is 1. The smallest absolute Gasteiger partial charge is 0.258 e. The standard InChI is InChI=1S/C26H34FN5O5S/c1-18-17-32(12-14-37-18)24-21(27)4-5-23(28-24)29-25(34)20-3-2-19(30-38(35,36)15-13-33)16-22(20)31-10-8-26(6-7-26)9-11-31/h2-5,16,18,30,33H,6-15,17H2,1H3,(H,28,29,34)/t18-/m1/s1. The van der Waals surface area contributed by atoms with Crippen molar-refractivity contribution in [3.63, 3.8) is 0 Å². The number of piperidine rings is 1. The molecule has 2 saturated heterocycles. The Morgan fingerprint density at radius 3 is 2.61 bits per heavy atom. The van der Waals surface area contributed by atoms with Crippen molar-refractivity contribution < 1.29 is 27.4 Å². The van der Waals surface area contributed by atoms with Crippen LogP contribution in [-0.2, 0) is 14.8 Å². The fourth-order valence-corrected chi connectivity index (χ4v) is 6.04. The Morgan fingerprint density at radius 1 is 1.16 bits per heavy atom. The SMILES string of the molecule is C[C@@H]1CN(c2nc(NC(=O)c3ccc(NS(=O)(=O)CCO)cc3N3CCC4(CC3)CC4)ccc2F)CCO1. The number of ether oxygens (including phenoxy) is 1. The summed E-state index contributed by atoms with van der Waals surface area (Å²) in [5.74, 6) is -0.925. The molecule has 0 unspecified atom stereocenters. The van der Waals surface area contributed by atoms with E-state index in [2.05, 4.69) is 19.9 Å². The number of aliphatic hydroxyl groups is 1. The van der Waals surface area contributed by atoms with Crippen molar-refractivity contribution in [3.8, 4) is 0 Å². The number of benzene rings is 1. The van der Waals surface area contributed by atoms with Gasteiger partial charge in [-0.2, -0.15) is 0 Å². The van der Waals surface area contributed by atoms with Crippen molar-refractivity contribution in [2.75, 3.05) is 65.0 Å². The lowest BCUT2D eigenvalue weighted by atomic mass is 9.93. The molecule has 206 valence electrons. The van der Waals surface area contributed by atoms with Crippen LogP contribution in [-0.4, -0.2) is 75.7 Å². The van der Waals surface area contributed by atoms with Crippen LogP contribution in [0.5, 0.6) is 0 Å². The number of morpholine rings is 1. The van der Waals surface area contributed by atoms with Gasteiger partial charge in [0, 0.05) is 26.2 Å². The van der Waals surface area contributed by atoms with Gasteiger partial charge in [-0.3, -0.25) is 9.52 Å². The number of nitrogens with zero attached hydrogens (tertiary/aromatic N) is 3. The van der Waals surface area contributed by atoms with Gasteiger partial charge in [0.2, 0.25) is 10.0 Å². The molecule has 0 radical (unpaired) electrons. The molecule has 3 fully saturated rings. The molecule has 2 aromatic rings. The molecule has 38 heavy (non-hydrogen) atoms. The summed E-state index contributed by atoms with van der Waals surface area (Å²) in [5.41, 5.74) is 1.73. The number of anilines is 4. The number of nitrogens with one attached hydrogen (secondary N) is 2. The quantitative estimate of drug-likeness (QED) is 0.461. The number of amides is 1. The normalized spacial score (nSPS) is 20.9. The number of halogens is 1. The predicted octanol–water partition coefficient (Wildman–Crippen LogP) is 2.81. The van der Waals surface area contributed by atoms with Crippen LogP contribution in [0.3, 0.4) is 0 Å². The lowest BCUT2D eigenvalue weighted by molar-refractivity contribution is 0.0527. The lowest BCUT2D eigenvalue weighted by Gasteiger charge is -2.35. The van der Waals surface area contributed by atoms with Gasteiger partial charge >= 0.3 is 0 Å². The number of pyridine rings is 1. The second kappa shape index (κ2) is 10.7. The van der Waals surface area contributed by atoms with Crippen molar-refractivity contribution in [1.29, 1.82) is 0 Å². The maximum absolute atomic E-state index is 14.6. The fourth-order valence-electron chi connectivity index (χ4n) is 5.22. The number of hydrogen-bond donors (Lipinski definition) is 3. The van der Waals surface area contributed by atoms with Gasteiger partial charge in [0.1, 0.15) is 5.82 Å². The van der Waals surface area contributed by atoms with E-state index in [1.54, 1.807) is 17.0 Å². The highest BCUT2D eigenvalue weighted by molar-refractivity contribution is 7.92. The summed E-state index contributed by atoms with van der Waals surface area (Å²) >= 11 is 0. The largest absolute Gasteiger partial charge is 0.395 e. The molecule has 5 rings (SSSR count). The molecule has 3 aliphatic rings. The van der Waals surface area contributed by atoms with Gasteiger partial charge in [-0.15, -0.1) is 0 Å². The number of carbonyl (C=O) groups is 1. The Labute approximate surface area is 222 Å². The van der Waals surface area contributed by atoms with E-state index in [1.165, 1.54) is 31.0 Å². The predicted molar refractivity (Wildman–Crippen MR) is 144 cm³/mol. The van der Waals surface area contributed by atoms with Crippen LogP contribution in [0.4, 0.5) is 27.4 Å². The van der Waals surface area contributed by atoms with Crippen LogP contribution in [0.1, 0.15) is 43.0 Å². The maximum Gasteiger partial charge on any atom is 0.258 e. The molecule has 1 atom stereocenters. The first kappa shape index (κ1) is 26.6. The van der Waals surface area contributed by atoms with E-state index in [9.17, 15) is 17.6 Å². The molecule has 1 amide bonds. The minimum absolute atomic E-state index is 0.0570. The second-order valence-corrected chi connectivity index (χ2v) is 12.3. The Morgan fingerprint density at radius 2 is 1.92 bits per heavy atom. The minimum Gasteiger partial charge on any atom is -0.395 e. The third-order valence-corrected chi connectivity index (χ3v) is 8.87. The Kier molecular flexibility index (Phi) is 7.47. The molecule has 1 aliphatic carbocycles. The maximum atomic E-state index is 14.6. The number of hydrogen-bond acceptors (Lipinski definition) is 8. The van der Waals surface area contributed by atoms with E-state index < -0.39 is 34.1 Å². The van der Waals surface area contributed by atoms with Crippen LogP contribution in [0.15, 0.2) is 30.3 Å². The van der Waals surface area contributed by atoms with E-state index >= 15 is 0 Å². The van der Waals surface area contributed by atoms with E-state index in [0.29, 0.717) is 42.0 Å². The van der Waals surface area contributed by atoms with Crippen LogP contribution < -0.4 is 19.8 Å². The Hall–Kier alpha value is -2.96. The first-order valence-corrected chi connectivity index (χ1v) is 14.7. The Bertz CT molecular complexity index is 1290. The second-order valence-electron chi connectivity index (χ2n) is 10.4. The monoisotopic (exact) mass is 547 g/mol. The zero-order valence-corrected chi connectivity index (χ0v) is 22.3. The summed E-state index contributed by atoms with van der Waals surface area (Å²) in [4.78, 5) is 21.8. The van der Waals surface area contributed by atoms with Gasteiger partial charge in [0.25, 0.3) is 5.91 Å². The van der Waals surface area contributed by atoms with Gasteiger partial charge in [-0.05, 0) is 68.4 Å². The zero-order chi connectivity index (χ0) is 26.9. The summed E-state index contributed by atoms with van der Waals surface area (Å²) in [7, 11) is -3.72. The molecule has 1 aromatic heterocycles. The van der Waals surface area contributed by atoms with Gasteiger partial charge in [-0.1, -0.05) is 0 Å². The molecule has 10 nitrogen and oxygen atoms in total. The van der Waals surface area contributed by atoms with Gasteiger partial charge in [0.05, 0.1) is 42.0 Å². The van der Waals surface area contributed by atoms with E-state index in [4.69, 9.17) is 9.84 Å². The average Bonchev–Trinajstić information content (AvgIpc) is 3.64. The third-order valence-electron chi connectivity index (χ3n) is 7.61. The summed E-state index contributed by atoms with van der Waals surface area (Å²) in [6.07, 6.45) is 4.45. The van der Waals surface area contributed by atoms with Crippen LogP contribution in [0.2, 0.25) is 0 Å². The molecule has 1 aromatic carbocycles. The number of carbonyl (C=O) groups excluding carboxylic acids is 1. The highest BCUT2D eigenvalue weighted by Crippen LogP contribution is 2.54. The molecule has 3 heterocycles. The highest BCUT2D eigenvalue weighted by Gasteiger charge is 2.44. The molecule has 0 bridgehead atoms.